The van der Waals surface area contributed by atoms with Gasteiger partial charge in [0, 0.05) is 10.8 Å². The molecule has 0 aromatic carbocycles. The van der Waals surface area contributed by atoms with Crippen LogP contribution in [0.5, 0.6) is 0 Å². The summed E-state index contributed by atoms with van der Waals surface area (Å²) in [6, 6.07) is 0. The Bertz CT molecular complexity index is 189. The second kappa shape index (κ2) is 8.39. The summed E-state index contributed by atoms with van der Waals surface area (Å²) in [6.07, 6.45) is 10.8. The third-order valence-corrected chi connectivity index (χ3v) is 5.45. The van der Waals surface area contributed by atoms with Crippen LogP contribution in [0.1, 0.15) is 58.3 Å². The normalized spacial score (nSPS) is 21.4. The number of aliphatic hydroxyl groups is 1. The van der Waals surface area contributed by atoms with E-state index in [1.807, 2.05) is 7.05 Å². The first-order valence-corrected chi connectivity index (χ1v) is 8.16. The highest BCUT2D eigenvalue weighted by atomic mass is 32.2. The predicted octanol–water partition coefficient (Wildman–Crippen LogP) is 3.19. The number of nitrogens with one attached hydrogen (secondary N) is 1. The molecule has 0 amide bonds. The van der Waals surface area contributed by atoms with Gasteiger partial charge in [0.25, 0.3) is 0 Å². The molecular weight excluding hydrogens is 230 g/mol. The molecule has 1 aliphatic carbocycles. The second-order valence-corrected chi connectivity index (χ2v) is 6.96. The van der Waals surface area contributed by atoms with E-state index in [9.17, 15) is 5.11 Å². The zero-order valence-corrected chi connectivity index (χ0v) is 12.3. The van der Waals surface area contributed by atoms with Crippen LogP contribution in [0.2, 0.25) is 0 Å². The molecular formula is C14H29NOS. The zero-order chi connectivity index (χ0) is 12.6. The maximum atomic E-state index is 9.28. The molecule has 0 aromatic heterocycles. The molecule has 1 unspecified atom stereocenters. The lowest BCUT2D eigenvalue weighted by molar-refractivity contribution is 0.171. The lowest BCUT2D eigenvalue weighted by Crippen LogP contribution is -2.43. The first-order chi connectivity index (χ1) is 8.20. The fraction of sp³-hybridized carbons (Fsp3) is 1.00. The Morgan fingerprint density at radius 3 is 2.53 bits per heavy atom. The fourth-order valence-electron chi connectivity index (χ4n) is 2.38. The molecule has 0 aromatic rings. The molecule has 1 fully saturated rings. The van der Waals surface area contributed by atoms with E-state index in [1.54, 1.807) is 0 Å². The van der Waals surface area contributed by atoms with Gasteiger partial charge in [0.1, 0.15) is 0 Å². The third-order valence-electron chi connectivity index (χ3n) is 3.98. The maximum Gasteiger partial charge on any atom is 0.0610 e. The van der Waals surface area contributed by atoms with Crippen LogP contribution >= 0.6 is 11.8 Å². The van der Waals surface area contributed by atoms with Gasteiger partial charge in [0.2, 0.25) is 0 Å². The number of hydrogen-bond acceptors (Lipinski definition) is 3. The fourth-order valence-corrected chi connectivity index (χ4v) is 3.75. The molecule has 1 rings (SSSR count). The van der Waals surface area contributed by atoms with Crippen molar-refractivity contribution in [2.75, 3.05) is 19.4 Å². The topological polar surface area (TPSA) is 32.3 Å². The Morgan fingerprint density at radius 2 is 1.94 bits per heavy atom. The molecule has 1 aliphatic rings. The molecule has 0 heterocycles. The summed E-state index contributed by atoms with van der Waals surface area (Å²) in [7, 11) is 1.94. The predicted molar refractivity (Wildman–Crippen MR) is 77.7 cm³/mol. The summed E-state index contributed by atoms with van der Waals surface area (Å²) >= 11 is 2.18. The van der Waals surface area contributed by atoms with Crippen molar-refractivity contribution < 1.29 is 5.11 Å². The molecule has 0 saturated heterocycles. The standard InChI is InChI=1S/C14H29NOS/c1-14(12-16,15-2)10-6-7-11-17-13-8-4-3-5-9-13/h13,15-16H,3-12H2,1-2H3. The van der Waals surface area contributed by atoms with Gasteiger partial charge in [-0.1, -0.05) is 25.7 Å². The van der Waals surface area contributed by atoms with E-state index in [4.69, 9.17) is 0 Å². The van der Waals surface area contributed by atoms with E-state index < -0.39 is 0 Å². The number of aliphatic hydroxyl groups excluding tert-OH is 1. The van der Waals surface area contributed by atoms with Crippen LogP contribution in [-0.4, -0.2) is 35.3 Å². The minimum Gasteiger partial charge on any atom is -0.394 e. The molecule has 0 bridgehead atoms. The lowest BCUT2D eigenvalue weighted by atomic mass is 9.96. The van der Waals surface area contributed by atoms with E-state index in [-0.39, 0.29) is 12.1 Å². The Labute approximate surface area is 111 Å². The first kappa shape index (κ1) is 15.3. The van der Waals surface area contributed by atoms with Crippen LogP contribution in [0.4, 0.5) is 0 Å². The Balaban J connectivity index is 2.00. The molecule has 1 atom stereocenters. The SMILES string of the molecule is CNC(C)(CO)CCCCSC1CCCCC1. The number of thioether (sulfide) groups is 1. The number of unbranched alkanes of at least 4 members (excludes halogenated alkanes) is 1. The van der Waals surface area contributed by atoms with Crippen LogP contribution in [0.15, 0.2) is 0 Å². The molecule has 2 N–H and O–H groups in total. The smallest absolute Gasteiger partial charge is 0.0610 e. The van der Waals surface area contributed by atoms with E-state index in [2.05, 4.69) is 24.0 Å². The minimum absolute atomic E-state index is 0.0739. The van der Waals surface area contributed by atoms with Crippen molar-refractivity contribution in [1.29, 1.82) is 0 Å². The van der Waals surface area contributed by atoms with Gasteiger partial charge in [-0.05, 0) is 45.4 Å². The van der Waals surface area contributed by atoms with Crippen molar-refractivity contribution >= 4 is 11.8 Å². The van der Waals surface area contributed by atoms with Crippen LogP contribution in [0, 0.1) is 0 Å². The quantitative estimate of drug-likeness (QED) is 0.657. The number of likely N-dealkylation sites (N-methyl/N-ethyl adjacent to an activating group) is 1. The van der Waals surface area contributed by atoms with Crippen molar-refractivity contribution in [3.8, 4) is 0 Å². The summed E-state index contributed by atoms with van der Waals surface area (Å²) < 4.78 is 0. The van der Waals surface area contributed by atoms with Crippen molar-refractivity contribution in [2.45, 2.75) is 69.1 Å². The summed E-state index contributed by atoms with van der Waals surface area (Å²) in [5, 5.41) is 13.4. The van der Waals surface area contributed by atoms with E-state index in [1.165, 1.54) is 50.7 Å². The van der Waals surface area contributed by atoms with Crippen LogP contribution in [-0.2, 0) is 0 Å². The monoisotopic (exact) mass is 259 g/mol. The molecule has 0 radical (unpaired) electrons. The first-order valence-electron chi connectivity index (χ1n) is 7.11. The summed E-state index contributed by atoms with van der Waals surface area (Å²) in [6.45, 7) is 2.33. The van der Waals surface area contributed by atoms with Crippen molar-refractivity contribution in [1.82, 2.24) is 5.32 Å². The largest absolute Gasteiger partial charge is 0.394 e. The van der Waals surface area contributed by atoms with Gasteiger partial charge in [0.15, 0.2) is 0 Å². The van der Waals surface area contributed by atoms with Crippen molar-refractivity contribution in [3.05, 3.63) is 0 Å². The summed E-state index contributed by atoms with van der Waals surface area (Å²) in [5.74, 6) is 1.30. The molecule has 0 spiro atoms. The van der Waals surface area contributed by atoms with Gasteiger partial charge >= 0.3 is 0 Å². The highest BCUT2D eigenvalue weighted by molar-refractivity contribution is 7.99. The lowest BCUT2D eigenvalue weighted by Gasteiger charge is -2.27. The van der Waals surface area contributed by atoms with Gasteiger partial charge in [-0.15, -0.1) is 0 Å². The summed E-state index contributed by atoms with van der Waals surface area (Å²) in [5.41, 5.74) is -0.0739. The number of hydrogen-bond donors (Lipinski definition) is 2. The van der Waals surface area contributed by atoms with E-state index in [0.717, 1.165) is 11.7 Å². The molecule has 17 heavy (non-hydrogen) atoms. The minimum atomic E-state index is -0.0739. The molecule has 0 aliphatic heterocycles. The van der Waals surface area contributed by atoms with Crippen LogP contribution in [0.3, 0.4) is 0 Å². The molecule has 1 saturated carbocycles. The van der Waals surface area contributed by atoms with Crippen molar-refractivity contribution in [3.63, 3.8) is 0 Å². The van der Waals surface area contributed by atoms with Crippen LogP contribution in [0.25, 0.3) is 0 Å². The van der Waals surface area contributed by atoms with Gasteiger partial charge in [-0.25, -0.2) is 0 Å². The second-order valence-electron chi connectivity index (χ2n) is 5.56. The zero-order valence-electron chi connectivity index (χ0n) is 11.5. The van der Waals surface area contributed by atoms with Gasteiger partial charge < -0.3 is 10.4 Å². The Kier molecular flexibility index (Phi) is 7.56. The highest BCUT2D eigenvalue weighted by Gasteiger charge is 2.19. The van der Waals surface area contributed by atoms with Crippen LogP contribution < -0.4 is 5.32 Å². The number of rotatable bonds is 8. The highest BCUT2D eigenvalue weighted by Crippen LogP contribution is 2.29. The molecule has 102 valence electrons. The summed E-state index contributed by atoms with van der Waals surface area (Å²) in [4.78, 5) is 0. The molecule has 3 heteroatoms. The van der Waals surface area contributed by atoms with Gasteiger partial charge in [0.05, 0.1) is 6.61 Å². The third kappa shape index (κ3) is 6.12. The van der Waals surface area contributed by atoms with E-state index >= 15 is 0 Å². The van der Waals surface area contributed by atoms with Crippen molar-refractivity contribution in [2.24, 2.45) is 0 Å². The Hall–Kier alpha value is 0.270. The Morgan fingerprint density at radius 1 is 1.24 bits per heavy atom. The van der Waals surface area contributed by atoms with Gasteiger partial charge in [-0.2, -0.15) is 11.8 Å². The molecule has 2 nitrogen and oxygen atoms in total. The van der Waals surface area contributed by atoms with E-state index in [0.29, 0.717) is 0 Å². The maximum absolute atomic E-state index is 9.28. The van der Waals surface area contributed by atoms with Gasteiger partial charge in [-0.3, -0.25) is 0 Å². The average molecular weight is 259 g/mol. The average Bonchev–Trinajstić information content (AvgIpc) is 2.39.